The average Bonchev–Trinajstić information content (AvgIpc) is 2.00. The van der Waals surface area contributed by atoms with Gasteiger partial charge in [0.1, 0.15) is 0 Å². The fraction of sp³-hybridized carbons (Fsp3) is 0.900. The van der Waals surface area contributed by atoms with E-state index in [1.54, 1.807) is 0 Å². The zero-order chi connectivity index (χ0) is 11.0. The molecule has 0 aromatic carbocycles. The van der Waals surface area contributed by atoms with E-state index in [2.05, 4.69) is 12.2 Å². The Kier molecular flexibility index (Phi) is 6.62. The van der Waals surface area contributed by atoms with Crippen LogP contribution in [-0.4, -0.2) is 21.0 Å². The first kappa shape index (κ1) is 13.5. The van der Waals surface area contributed by atoms with Crippen molar-refractivity contribution in [1.82, 2.24) is 5.32 Å². The minimum Gasteiger partial charge on any atom is -0.504 e. The SMILES string of the molecule is CCCCCCNC(=O)O[Si](C)(C)C. The second-order valence-corrected chi connectivity index (χ2v) is 8.92. The van der Waals surface area contributed by atoms with Gasteiger partial charge in [0.2, 0.25) is 8.32 Å². The Morgan fingerprint density at radius 1 is 1.21 bits per heavy atom. The van der Waals surface area contributed by atoms with E-state index in [1.807, 2.05) is 19.6 Å². The van der Waals surface area contributed by atoms with Crippen LogP contribution >= 0.6 is 0 Å². The minimum atomic E-state index is -1.71. The summed E-state index contributed by atoms with van der Waals surface area (Å²) in [6.07, 6.45) is 4.45. The number of carbonyl (C=O) groups excluding carboxylic acids is 1. The number of amides is 1. The normalized spacial score (nSPS) is 11.1. The van der Waals surface area contributed by atoms with E-state index in [1.165, 1.54) is 19.3 Å². The molecule has 0 aliphatic carbocycles. The van der Waals surface area contributed by atoms with E-state index in [0.717, 1.165) is 13.0 Å². The maximum atomic E-state index is 11.2. The third-order valence-corrected chi connectivity index (χ3v) is 2.50. The van der Waals surface area contributed by atoms with Crippen molar-refractivity contribution in [3.8, 4) is 0 Å². The molecule has 1 amide bonds. The smallest absolute Gasteiger partial charge is 0.393 e. The van der Waals surface area contributed by atoms with Crippen molar-refractivity contribution >= 4 is 14.4 Å². The maximum absolute atomic E-state index is 11.2. The van der Waals surface area contributed by atoms with Crippen molar-refractivity contribution in [2.75, 3.05) is 6.54 Å². The molecule has 14 heavy (non-hydrogen) atoms. The quantitative estimate of drug-likeness (QED) is 0.548. The van der Waals surface area contributed by atoms with E-state index in [-0.39, 0.29) is 6.09 Å². The molecule has 0 bridgehead atoms. The molecule has 84 valence electrons. The molecule has 0 saturated heterocycles. The molecule has 0 fully saturated rings. The average molecular weight is 217 g/mol. The highest BCUT2D eigenvalue weighted by atomic mass is 28.4. The van der Waals surface area contributed by atoms with Gasteiger partial charge < -0.3 is 9.74 Å². The highest BCUT2D eigenvalue weighted by Crippen LogP contribution is 2.02. The van der Waals surface area contributed by atoms with Crippen LogP contribution in [-0.2, 0) is 4.43 Å². The standard InChI is InChI=1S/C10H23NO2Si/c1-5-6-7-8-9-11-10(12)13-14(2,3)4/h5-9H2,1-4H3,(H,11,12). The van der Waals surface area contributed by atoms with Crippen LogP contribution < -0.4 is 5.32 Å². The van der Waals surface area contributed by atoms with Gasteiger partial charge in [-0.2, -0.15) is 0 Å². The molecule has 0 aromatic rings. The van der Waals surface area contributed by atoms with Crippen molar-refractivity contribution in [1.29, 1.82) is 0 Å². The van der Waals surface area contributed by atoms with Crippen LogP contribution in [0.3, 0.4) is 0 Å². The third kappa shape index (κ3) is 9.57. The summed E-state index contributed by atoms with van der Waals surface area (Å²) in [6, 6.07) is 0. The zero-order valence-electron chi connectivity index (χ0n) is 9.85. The number of unbranched alkanes of at least 4 members (excludes halogenated alkanes) is 3. The summed E-state index contributed by atoms with van der Waals surface area (Å²) in [5.74, 6) is 0. The molecule has 3 nitrogen and oxygen atoms in total. The molecule has 0 aliphatic rings. The van der Waals surface area contributed by atoms with Crippen molar-refractivity contribution in [3.05, 3.63) is 0 Å². The summed E-state index contributed by atoms with van der Waals surface area (Å²) in [7, 11) is -1.71. The van der Waals surface area contributed by atoms with Crippen molar-refractivity contribution in [3.63, 3.8) is 0 Å². The molecule has 0 atom stereocenters. The first-order valence-electron chi connectivity index (χ1n) is 5.42. The van der Waals surface area contributed by atoms with Gasteiger partial charge in [0.15, 0.2) is 0 Å². The van der Waals surface area contributed by atoms with Gasteiger partial charge in [-0.3, -0.25) is 0 Å². The molecule has 0 heterocycles. The second kappa shape index (κ2) is 6.87. The monoisotopic (exact) mass is 217 g/mol. The van der Waals surface area contributed by atoms with Crippen LogP contribution in [0.5, 0.6) is 0 Å². The van der Waals surface area contributed by atoms with E-state index < -0.39 is 8.32 Å². The summed E-state index contributed by atoms with van der Waals surface area (Å²) in [6.45, 7) is 8.92. The Morgan fingerprint density at radius 3 is 2.36 bits per heavy atom. The lowest BCUT2D eigenvalue weighted by molar-refractivity contribution is 0.198. The van der Waals surface area contributed by atoms with E-state index in [0.29, 0.717) is 0 Å². The molecule has 0 radical (unpaired) electrons. The molecular weight excluding hydrogens is 194 g/mol. The van der Waals surface area contributed by atoms with Crippen molar-refractivity contribution in [2.24, 2.45) is 0 Å². The van der Waals surface area contributed by atoms with E-state index in [9.17, 15) is 4.79 Å². The number of nitrogens with one attached hydrogen (secondary N) is 1. The topological polar surface area (TPSA) is 38.3 Å². The van der Waals surface area contributed by atoms with E-state index in [4.69, 9.17) is 4.43 Å². The highest BCUT2D eigenvalue weighted by Gasteiger charge is 2.19. The number of hydrogen-bond donors (Lipinski definition) is 1. The molecular formula is C10H23NO2Si. The Labute approximate surface area is 88.4 Å². The van der Waals surface area contributed by atoms with Gasteiger partial charge in [0.05, 0.1) is 0 Å². The van der Waals surface area contributed by atoms with Crippen LogP contribution in [0.2, 0.25) is 19.6 Å². The van der Waals surface area contributed by atoms with Crippen LogP contribution in [0.25, 0.3) is 0 Å². The first-order chi connectivity index (χ1) is 6.45. The fourth-order valence-corrected chi connectivity index (χ4v) is 1.68. The fourth-order valence-electron chi connectivity index (χ4n) is 1.06. The minimum absolute atomic E-state index is 0.249. The van der Waals surface area contributed by atoms with Crippen LogP contribution in [0, 0.1) is 0 Å². The summed E-state index contributed by atoms with van der Waals surface area (Å²) in [5, 5.41) is 2.77. The predicted molar refractivity (Wildman–Crippen MR) is 62.0 cm³/mol. The summed E-state index contributed by atoms with van der Waals surface area (Å²) in [4.78, 5) is 11.2. The summed E-state index contributed by atoms with van der Waals surface area (Å²) >= 11 is 0. The van der Waals surface area contributed by atoms with Gasteiger partial charge >= 0.3 is 6.09 Å². The van der Waals surface area contributed by atoms with Gasteiger partial charge in [-0.15, -0.1) is 0 Å². The first-order valence-corrected chi connectivity index (χ1v) is 8.83. The van der Waals surface area contributed by atoms with Gasteiger partial charge in [0.25, 0.3) is 0 Å². The molecule has 0 spiro atoms. The number of hydrogen-bond acceptors (Lipinski definition) is 2. The van der Waals surface area contributed by atoms with Gasteiger partial charge in [-0.05, 0) is 26.1 Å². The summed E-state index contributed by atoms with van der Waals surface area (Å²) in [5.41, 5.74) is 0. The van der Waals surface area contributed by atoms with Gasteiger partial charge in [-0.1, -0.05) is 26.2 Å². The lowest BCUT2D eigenvalue weighted by Gasteiger charge is -2.17. The Hall–Kier alpha value is -0.513. The van der Waals surface area contributed by atoms with Crippen molar-refractivity contribution < 1.29 is 9.22 Å². The van der Waals surface area contributed by atoms with Crippen LogP contribution in [0.15, 0.2) is 0 Å². The Balaban J connectivity index is 3.36. The molecule has 0 saturated carbocycles. The lowest BCUT2D eigenvalue weighted by atomic mass is 10.2. The maximum Gasteiger partial charge on any atom is 0.393 e. The zero-order valence-corrected chi connectivity index (χ0v) is 10.9. The van der Waals surface area contributed by atoms with Crippen LogP contribution in [0.4, 0.5) is 4.79 Å². The Bertz CT molecular complexity index is 166. The summed E-state index contributed by atoms with van der Waals surface area (Å²) < 4.78 is 5.23. The van der Waals surface area contributed by atoms with Crippen molar-refractivity contribution in [2.45, 2.75) is 52.2 Å². The Morgan fingerprint density at radius 2 is 1.86 bits per heavy atom. The molecule has 0 unspecified atom stereocenters. The third-order valence-electron chi connectivity index (χ3n) is 1.70. The molecule has 1 N–H and O–H groups in total. The molecule has 0 rings (SSSR count). The largest absolute Gasteiger partial charge is 0.504 e. The van der Waals surface area contributed by atoms with E-state index >= 15 is 0 Å². The van der Waals surface area contributed by atoms with Gasteiger partial charge in [-0.25, -0.2) is 4.79 Å². The number of rotatable bonds is 6. The molecule has 0 aromatic heterocycles. The lowest BCUT2D eigenvalue weighted by Crippen LogP contribution is -2.36. The highest BCUT2D eigenvalue weighted by molar-refractivity contribution is 6.71. The molecule has 0 aliphatic heterocycles. The van der Waals surface area contributed by atoms with Gasteiger partial charge in [0, 0.05) is 6.54 Å². The van der Waals surface area contributed by atoms with Crippen LogP contribution in [0.1, 0.15) is 32.6 Å². The predicted octanol–water partition coefficient (Wildman–Crippen LogP) is 3.13. The number of carbonyl (C=O) groups is 1. The molecule has 4 heteroatoms. The second-order valence-electron chi connectivity index (χ2n) is 4.49.